The Hall–Kier alpha value is -3.45. The fourth-order valence-corrected chi connectivity index (χ4v) is 3.10. The van der Waals surface area contributed by atoms with Crippen molar-refractivity contribution in [2.75, 3.05) is 7.11 Å². The number of benzene rings is 2. The van der Waals surface area contributed by atoms with Gasteiger partial charge in [-0.3, -0.25) is 10.1 Å². The van der Waals surface area contributed by atoms with Gasteiger partial charge in [0, 0.05) is 17.3 Å². The summed E-state index contributed by atoms with van der Waals surface area (Å²) in [7, 11) is 1.62. The fourth-order valence-electron chi connectivity index (χ4n) is 2.89. The zero-order valence-electron chi connectivity index (χ0n) is 14.5. The Morgan fingerprint density at radius 2 is 1.81 bits per heavy atom. The van der Waals surface area contributed by atoms with Crippen LogP contribution >= 0.6 is 12.2 Å². The average molecular weight is 376 g/mol. The van der Waals surface area contributed by atoms with E-state index >= 15 is 0 Å². The third-order valence-corrected chi connectivity index (χ3v) is 4.35. The van der Waals surface area contributed by atoms with Gasteiger partial charge < -0.3 is 10.1 Å². The number of carbonyl (C=O) groups is 1. The Bertz CT molecular complexity index is 1060. The number of thiocarbonyl (C=S) groups is 1. The highest BCUT2D eigenvalue weighted by atomic mass is 32.1. The van der Waals surface area contributed by atoms with Gasteiger partial charge in [-0.1, -0.05) is 30.3 Å². The maximum absolute atomic E-state index is 12.1. The quantitative estimate of drug-likeness (QED) is 0.541. The van der Waals surface area contributed by atoms with E-state index in [1.807, 2.05) is 60.8 Å². The molecule has 1 amide bonds. The number of rotatable bonds is 4. The van der Waals surface area contributed by atoms with Crippen LogP contribution in [0.5, 0.6) is 5.75 Å². The Morgan fingerprint density at radius 3 is 2.52 bits per heavy atom. The lowest BCUT2D eigenvalue weighted by atomic mass is 10.1. The normalized spacial score (nSPS) is 14.9. The average Bonchev–Trinajstić information content (AvgIpc) is 3.25. The molecule has 1 fully saturated rings. The third-order valence-electron chi connectivity index (χ3n) is 4.15. The summed E-state index contributed by atoms with van der Waals surface area (Å²) in [6.45, 7) is 0. The van der Waals surface area contributed by atoms with Gasteiger partial charge in [-0.25, -0.2) is 4.68 Å². The van der Waals surface area contributed by atoms with E-state index in [1.54, 1.807) is 17.9 Å². The van der Waals surface area contributed by atoms with Crippen LogP contribution in [0, 0.1) is 0 Å². The molecular weight excluding hydrogens is 360 g/mol. The van der Waals surface area contributed by atoms with Crippen molar-refractivity contribution in [2.45, 2.75) is 0 Å². The highest BCUT2D eigenvalue weighted by Gasteiger charge is 2.22. The fraction of sp³-hybridized carbons (Fsp3) is 0.0500. The summed E-state index contributed by atoms with van der Waals surface area (Å²) in [4.78, 5) is 12.1. The minimum absolute atomic E-state index is 0.265. The molecule has 2 aromatic carbocycles. The summed E-state index contributed by atoms with van der Waals surface area (Å²) < 4.78 is 7.27. The minimum Gasteiger partial charge on any atom is -0.496 e. The van der Waals surface area contributed by atoms with Crippen molar-refractivity contribution in [1.82, 2.24) is 20.4 Å². The van der Waals surface area contributed by atoms with Gasteiger partial charge in [0.15, 0.2) is 5.11 Å². The molecule has 0 spiro atoms. The molecule has 6 nitrogen and oxygen atoms in total. The van der Waals surface area contributed by atoms with E-state index in [2.05, 4.69) is 10.6 Å². The number of methoxy groups -OCH3 is 1. The predicted octanol–water partition coefficient (Wildman–Crippen LogP) is 2.89. The Morgan fingerprint density at radius 1 is 1.07 bits per heavy atom. The largest absolute Gasteiger partial charge is 0.496 e. The number of para-hydroxylation sites is 2. The van der Waals surface area contributed by atoms with Crippen LogP contribution in [-0.4, -0.2) is 27.9 Å². The van der Waals surface area contributed by atoms with Gasteiger partial charge in [0.05, 0.1) is 12.8 Å². The number of carbonyl (C=O) groups excluding carboxylic acids is 1. The van der Waals surface area contributed by atoms with Crippen molar-refractivity contribution in [3.8, 4) is 22.7 Å². The maximum Gasteiger partial charge on any atom is 0.273 e. The van der Waals surface area contributed by atoms with Gasteiger partial charge in [0.25, 0.3) is 5.91 Å². The third kappa shape index (κ3) is 3.32. The molecule has 1 aromatic heterocycles. The molecular formula is C20H16N4O2S. The van der Waals surface area contributed by atoms with Crippen LogP contribution in [0.4, 0.5) is 0 Å². The summed E-state index contributed by atoms with van der Waals surface area (Å²) in [6.07, 6.45) is 3.61. The molecule has 2 N–H and O–H groups in total. The topological polar surface area (TPSA) is 68.2 Å². The van der Waals surface area contributed by atoms with Crippen LogP contribution in [0.25, 0.3) is 23.0 Å². The van der Waals surface area contributed by atoms with E-state index in [4.69, 9.17) is 22.1 Å². The van der Waals surface area contributed by atoms with Gasteiger partial charge in [0.2, 0.25) is 0 Å². The lowest BCUT2D eigenvalue weighted by Gasteiger charge is -2.07. The second-order valence-corrected chi connectivity index (χ2v) is 6.29. The van der Waals surface area contributed by atoms with Crippen LogP contribution in [0.2, 0.25) is 0 Å². The van der Waals surface area contributed by atoms with E-state index < -0.39 is 0 Å². The zero-order valence-corrected chi connectivity index (χ0v) is 15.3. The van der Waals surface area contributed by atoms with E-state index in [0.717, 1.165) is 16.8 Å². The van der Waals surface area contributed by atoms with E-state index in [0.29, 0.717) is 22.3 Å². The first-order chi connectivity index (χ1) is 13.2. The van der Waals surface area contributed by atoms with Crippen molar-refractivity contribution in [3.63, 3.8) is 0 Å². The Labute approximate surface area is 161 Å². The summed E-state index contributed by atoms with van der Waals surface area (Å²) in [5, 5.41) is 10.5. The van der Waals surface area contributed by atoms with Crippen molar-refractivity contribution in [2.24, 2.45) is 0 Å². The van der Waals surface area contributed by atoms with Crippen LogP contribution in [0.15, 0.2) is 66.5 Å². The van der Waals surface area contributed by atoms with E-state index in [1.165, 1.54) is 0 Å². The second kappa shape index (κ2) is 7.05. The summed E-state index contributed by atoms with van der Waals surface area (Å²) in [6, 6.07) is 17.4. The first kappa shape index (κ1) is 17.0. The number of ether oxygens (including phenoxy) is 1. The number of nitrogens with zero attached hydrogens (tertiary/aromatic N) is 2. The first-order valence-corrected chi connectivity index (χ1v) is 8.69. The molecule has 4 rings (SSSR count). The molecule has 27 heavy (non-hydrogen) atoms. The number of amides is 1. The second-order valence-electron chi connectivity index (χ2n) is 5.88. The van der Waals surface area contributed by atoms with Gasteiger partial charge in [-0.05, 0) is 42.6 Å². The highest BCUT2D eigenvalue weighted by molar-refractivity contribution is 7.80. The van der Waals surface area contributed by atoms with Crippen LogP contribution in [0.3, 0.4) is 0 Å². The van der Waals surface area contributed by atoms with E-state index in [-0.39, 0.29) is 5.91 Å². The lowest BCUT2D eigenvalue weighted by molar-refractivity contribution is -0.115. The molecule has 0 aliphatic carbocycles. The molecule has 1 saturated heterocycles. The monoisotopic (exact) mass is 376 g/mol. The zero-order chi connectivity index (χ0) is 18.8. The number of aromatic nitrogens is 2. The molecule has 2 heterocycles. The molecule has 0 saturated carbocycles. The molecule has 0 unspecified atom stereocenters. The Kier molecular flexibility index (Phi) is 4.43. The van der Waals surface area contributed by atoms with E-state index in [9.17, 15) is 4.79 Å². The number of hydrogen-bond acceptors (Lipinski definition) is 4. The van der Waals surface area contributed by atoms with Crippen LogP contribution in [-0.2, 0) is 4.79 Å². The number of nitrogens with one attached hydrogen (secondary N) is 2. The van der Waals surface area contributed by atoms with Gasteiger partial charge in [-0.2, -0.15) is 5.10 Å². The van der Waals surface area contributed by atoms with Crippen LogP contribution in [0.1, 0.15) is 5.56 Å². The summed E-state index contributed by atoms with van der Waals surface area (Å²) >= 11 is 5.01. The first-order valence-electron chi connectivity index (χ1n) is 8.28. The van der Waals surface area contributed by atoms with Crippen molar-refractivity contribution in [3.05, 3.63) is 72.1 Å². The molecule has 3 aromatic rings. The SMILES string of the molecule is COc1ccccc1-c1nn(-c2ccccc2)cc1/C=C1\NC(=S)NC1=O. The highest BCUT2D eigenvalue weighted by Crippen LogP contribution is 2.32. The number of hydrogen-bond donors (Lipinski definition) is 2. The maximum atomic E-state index is 12.1. The van der Waals surface area contributed by atoms with Gasteiger partial charge in [-0.15, -0.1) is 0 Å². The smallest absolute Gasteiger partial charge is 0.273 e. The van der Waals surface area contributed by atoms with Crippen LogP contribution < -0.4 is 15.4 Å². The molecule has 134 valence electrons. The molecule has 1 aliphatic heterocycles. The predicted molar refractivity (Wildman–Crippen MR) is 107 cm³/mol. The minimum atomic E-state index is -0.265. The molecule has 0 atom stereocenters. The molecule has 0 radical (unpaired) electrons. The molecule has 7 heteroatoms. The van der Waals surface area contributed by atoms with Crippen molar-refractivity contribution >= 4 is 29.3 Å². The summed E-state index contributed by atoms with van der Waals surface area (Å²) in [5.41, 5.74) is 3.60. The molecule has 0 bridgehead atoms. The van der Waals surface area contributed by atoms with Crippen molar-refractivity contribution in [1.29, 1.82) is 0 Å². The standard InChI is InChI=1S/C20H16N4O2S/c1-26-17-10-6-5-9-15(17)18-13(11-16-19(25)22-20(27)21-16)12-24(23-18)14-7-3-2-4-8-14/h2-12H,1H3,(H2,21,22,25,27)/b16-11-. The van der Waals surface area contributed by atoms with Gasteiger partial charge >= 0.3 is 0 Å². The summed E-state index contributed by atoms with van der Waals surface area (Å²) in [5.74, 6) is 0.438. The molecule has 1 aliphatic rings. The Balaban J connectivity index is 1.88. The lowest BCUT2D eigenvalue weighted by Crippen LogP contribution is -2.21. The van der Waals surface area contributed by atoms with Gasteiger partial charge in [0.1, 0.15) is 17.1 Å². The van der Waals surface area contributed by atoms with Crippen molar-refractivity contribution < 1.29 is 9.53 Å².